The van der Waals surface area contributed by atoms with Gasteiger partial charge in [-0.05, 0) is 49.1 Å². The first kappa shape index (κ1) is 21.8. The van der Waals surface area contributed by atoms with Crippen molar-refractivity contribution in [3.05, 3.63) is 60.8 Å². The highest BCUT2D eigenvalue weighted by Gasteiger charge is 2.23. The average Bonchev–Trinajstić information content (AvgIpc) is 3.52. The molecule has 2 aromatic heterocycles. The van der Waals surface area contributed by atoms with E-state index < -0.39 is 12.6 Å². The van der Waals surface area contributed by atoms with Gasteiger partial charge in [-0.3, -0.25) is 4.79 Å². The predicted octanol–water partition coefficient (Wildman–Crippen LogP) is 5.38. The smallest absolute Gasteiger partial charge is 0.387 e. The van der Waals surface area contributed by atoms with Gasteiger partial charge in [0, 0.05) is 36.4 Å². The third-order valence-corrected chi connectivity index (χ3v) is 5.38. The summed E-state index contributed by atoms with van der Waals surface area (Å²) >= 11 is 0. The minimum atomic E-state index is -2.92. The summed E-state index contributed by atoms with van der Waals surface area (Å²) in [6, 6.07) is 15.3. The summed E-state index contributed by atoms with van der Waals surface area (Å²) in [5.41, 5.74) is 3.33. The Morgan fingerprint density at radius 2 is 1.97 bits per heavy atom. The SMILES string of the molecule is CC(=O)Oc1cccc(-c2cc3nccc(-c4ccc(OC(F)F)cc4OCC4CC4)n3n2)c1. The Kier molecular flexibility index (Phi) is 5.83. The first-order valence-corrected chi connectivity index (χ1v) is 10.8. The Hall–Kier alpha value is -4.01. The van der Waals surface area contributed by atoms with Crippen molar-refractivity contribution >= 4 is 11.6 Å². The van der Waals surface area contributed by atoms with Gasteiger partial charge in [-0.1, -0.05) is 12.1 Å². The van der Waals surface area contributed by atoms with Gasteiger partial charge in [-0.15, -0.1) is 0 Å². The summed E-state index contributed by atoms with van der Waals surface area (Å²) in [5, 5.41) is 4.71. The van der Waals surface area contributed by atoms with E-state index in [4.69, 9.17) is 14.6 Å². The highest BCUT2D eigenvalue weighted by Crippen LogP contribution is 2.37. The molecule has 9 heteroatoms. The van der Waals surface area contributed by atoms with Crippen molar-refractivity contribution in [2.45, 2.75) is 26.4 Å². The molecule has 0 N–H and O–H groups in total. The molecule has 0 spiro atoms. The van der Waals surface area contributed by atoms with E-state index in [2.05, 4.69) is 9.72 Å². The predicted molar refractivity (Wildman–Crippen MR) is 120 cm³/mol. The maximum atomic E-state index is 12.8. The monoisotopic (exact) mass is 465 g/mol. The van der Waals surface area contributed by atoms with Crippen molar-refractivity contribution in [1.29, 1.82) is 0 Å². The molecular formula is C25H21F2N3O4. The molecule has 0 unspecified atom stereocenters. The molecule has 5 rings (SSSR count). The highest BCUT2D eigenvalue weighted by atomic mass is 19.3. The molecule has 1 saturated carbocycles. The maximum absolute atomic E-state index is 12.8. The molecule has 0 saturated heterocycles. The molecule has 1 aliphatic carbocycles. The Morgan fingerprint density at radius 1 is 1.12 bits per heavy atom. The third-order valence-electron chi connectivity index (χ3n) is 5.38. The van der Waals surface area contributed by atoms with Crippen molar-refractivity contribution in [2.24, 2.45) is 5.92 Å². The molecule has 1 fully saturated rings. The van der Waals surface area contributed by atoms with E-state index in [1.165, 1.54) is 19.1 Å². The lowest BCUT2D eigenvalue weighted by Crippen LogP contribution is -2.05. The lowest BCUT2D eigenvalue weighted by atomic mass is 10.1. The summed E-state index contributed by atoms with van der Waals surface area (Å²) in [6.45, 7) is -1.08. The van der Waals surface area contributed by atoms with Crippen LogP contribution in [-0.4, -0.2) is 33.8 Å². The number of rotatable bonds is 8. The number of alkyl halides is 2. The molecular weight excluding hydrogens is 444 g/mol. The number of fused-ring (bicyclic) bond motifs is 1. The van der Waals surface area contributed by atoms with Gasteiger partial charge in [0.05, 0.1) is 18.0 Å². The molecule has 0 aliphatic heterocycles. The zero-order valence-corrected chi connectivity index (χ0v) is 18.3. The fourth-order valence-corrected chi connectivity index (χ4v) is 3.63. The molecule has 2 heterocycles. The Balaban J connectivity index is 1.55. The summed E-state index contributed by atoms with van der Waals surface area (Å²) in [5.74, 6) is 0.949. The number of hydrogen-bond acceptors (Lipinski definition) is 6. The maximum Gasteiger partial charge on any atom is 0.387 e. The third kappa shape index (κ3) is 4.83. The summed E-state index contributed by atoms with van der Waals surface area (Å²) < 4.78 is 42.9. The van der Waals surface area contributed by atoms with Gasteiger partial charge >= 0.3 is 12.6 Å². The van der Waals surface area contributed by atoms with Gasteiger partial charge in [-0.25, -0.2) is 9.50 Å². The van der Waals surface area contributed by atoms with Crippen molar-refractivity contribution < 1.29 is 27.8 Å². The summed E-state index contributed by atoms with van der Waals surface area (Å²) in [6.07, 6.45) is 3.84. The van der Waals surface area contributed by atoms with E-state index in [0.29, 0.717) is 46.6 Å². The Morgan fingerprint density at radius 3 is 2.74 bits per heavy atom. The minimum Gasteiger partial charge on any atom is -0.492 e. The fourth-order valence-electron chi connectivity index (χ4n) is 3.63. The van der Waals surface area contributed by atoms with Crippen LogP contribution in [0, 0.1) is 5.92 Å². The average molecular weight is 465 g/mol. The van der Waals surface area contributed by atoms with Crippen LogP contribution in [0.4, 0.5) is 8.78 Å². The van der Waals surface area contributed by atoms with Crippen LogP contribution in [0.5, 0.6) is 17.2 Å². The van der Waals surface area contributed by atoms with Gasteiger partial charge < -0.3 is 14.2 Å². The first-order chi connectivity index (χ1) is 16.5. The quantitative estimate of drug-likeness (QED) is 0.257. The van der Waals surface area contributed by atoms with Crippen LogP contribution in [0.15, 0.2) is 60.8 Å². The molecule has 0 atom stereocenters. The number of esters is 1. The number of hydrogen-bond donors (Lipinski definition) is 0. The van der Waals surface area contributed by atoms with Crippen molar-refractivity contribution in [3.63, 3.8) is 0 Å². The van der Waals surface area contributed by atoms with Gasteiger partial charge in [0.2, 0.25) is 0 Å². The number of nitrogens with zero attached hydrogens (tertiary/aromatic N) is 3. The molecule has 4 aromatic rings. The molecule has 174 valence electrons. The number of ether oxygens (including phenoxy) is 3. The second kappa shape index (κ2) is 9.09. The van der Waals surface area contributed by atoms with Crippen LogP contribution in [-0.2, 0) is 4.79 Å². The van der Waals surface area contributed by atoms with Crippen LogP contribution in [0.25, 0.3) is 28.2 Å². The number of halogens is 2. The van der Waals surface area contributed by atoms with E-state index >= 15 is 0 Å². The number of carbonyl (C=O) groups is 1. The standard InChI is InChI=1S/C25H21F2N3O4/c1-15(31)33-18-4-2-3-17(11-18)21-13-24-28-10-9-22(30(24)29-21)20-8-7-19(34-25(26)27)12-23(20)32-14-16-5-6-16/h2-4,7-13,16,25H,5-6,14H2,1H3. The van der Waals surface area contributed by atoms with E-state index in [9.17, 15) is 13.6 Å². The second-order valence-corrected chi connectivity index (χ2v) is 8.04. The van der Waals surface area contributed by atoms with Gasteiger partial charge in [0.1, 0.15) is 17.2 Å². The molecule has 2 aromatic carbocycles. The first-order valence-electron chi connectivity index (χ1n) is 10.8. The van der Waals surface area contributed by atoms with Gasteiger partial charge in [-0.2, -0.15) is 13.9 Å². The van der Waals surface area contributed by atoms with E-state index in [-0.39, 0.29) is 5.75 Å². The molecule has 0 radical (unpaired) electrons. The topological polar surface area (TPSA) is 75.0 Å². The van der Waals surface area contributed by atoms with Gasteiger partial charge in [0.25, 0.3) is 0 Å². The molecule has 7 nitrogen and oxygen atoms in total. The molecule has 0 amide bonds. The summed E-state index contributed by atoms with van der Waals surface area (Å²) in [7, 11) is 0. The van der Waals surface area contributed by atoms with Crippen LogP contribution < -0.4 is 14.2 Å². The second-order valence-electron chi connectivity index (χ2n) is 8.04. The van der Waals surface area contributed by atoms with Crippen LogP contribution in [0.1, 0.15) is 19.8 Å². The van der Waals surface area contributed by atoms with Crippen LogP contribution >= 0.6 is 0 Å². The summed E-state index contributed by atoms with van der Waals surface area (Å²) in [4.78, 5) is 15.7. The van der Waals surface area contributed by atoms with E-state index in [0.717, 1.165) is 18.4 Å². The van der Waals surface area contributed by atoms with Crippen molar-refractivity contribution in [1.82, 2.24) is 14.6 Å². The normalized spacial score (nSPS) is 13.3. The number of benzene rings is 2. The highest BCUT2D eigenvalue weighted by molar-refractivity contribution is 5.74. The molecule has 0 bridgehead atoms. The zero-order valence-electron chi connectivity index (χ0n) is 18.3. The lowest BCUT2D eigenvalue weighted by Gasteiger charge is -2.14. The van der Waals surface area contributed by atoms with Crippen molar-refractivity contribution in [2.75, 3.05) is 6.61 Å². The molecule has 34 heavy (non-hydrogen) atoms. The van der Waals surface area contributed by atoms with Crippen LogP contribution in [0.3, 0.4) is 0 Å². The van der Waals surface area contributed by atoms with Gasteiger partial charge in [0.15, 0.2) is 5.65 Å². The Bertz CT molecular complexity index is 1350. The largest absolute Gasteiger partial charge is 0.492 e. The molecule has 1 aliphatic rings. The number of carbonyl (C=O) groups excluding carboxylic acids is 1. The van der Waals surface area contributed by atoms with Crippen molar-refractivity contribution in [3.8, 4) is 39.8 Å². The number of aromatic nitrogens is 3. The minimum absolute atomic E-state index is 0.0262. The van der Waals surface area contributed by atoms with E-state index in [1.807, 2.05) is 12.1 Å². The fraction of sp³-hybridized carbons (Fsp3) is 0.240. The Labute approximate surface area is 193 Å². The van der Waals surface area contributed by atoms with E-state index in [1.54, 1.807) is 41.0 Å². The zero-order chi connectivity index (χ0) is 23.7. The van der Waals surface area contributed by atoms with Crippen LogP contribution in [0.2, 0.25) is 0 Å². The lowest BCUT2D eigenvalue weighted by molar-refractivity contribution is -0.131.